The van der Waals surface area contributed by atoms with Gasteiger partial charge in [0.25, 0.3) is 5.91 Å². The number of carboxylic acids is 1. The highest BCUT2D eigenvalue weighted by Gasteiger charge is 2.29. The number of aliphatic imine (C=N–C) groups is 1. The van der Waals surface area contributed by atoms with Gasteiger partial charge in [0.2, 0.25) is 11.8 Å². The molecular formula is C29H44N8O5. The van der Waals surface area contributed by atoms with Gasteiger partial charge in [0.1, 0.15) is 18.6 Å². The third-order valence-corrected chi connectivity index (χ3v) is 6.52. The first-order chi connectivity index (χ1) is 19.5. The molecule has 0 spiro atoms. The van der Waals surface area contributed by atoms with Crippen LogP contribution in [0.15, 0.2) is 35.7 Å². The zero-order valence-electron chi connectivity index (χ0n) is 25.2. The molecule has 0 aliphatic rings. The number of carbonyl (C=O) groups excluding carboxylic acids is 3. The van der Waals surface area contributed by atoms with Crippen LogP contribution in [0.3, 0.4) is 0 Å². The second-order valence-corrected chi connectivity index (χ2v) is 12.2. The van der Waals surface area contributed by atoms with Gasteiger partial charge in [-0.05, 0) is 46.9 Å². The van der Waals surface area contributed by atoms with Crippen molar-refractivity contribution in [3.8, 4) is 0 Å². The van der Waals surface area contributed by atoms with Crippen molar-refractivity contribution in [1.82, 2.24) is 25.9 Å². The SMILES string of the molecule is CC(C)(C)c1cc(C(=O)N[C@@H](Cc2cnc[nH]2)C(=O)NC(CCCN=C(N)N)C(=O)NCC(=O)O)cc(C(C)(C)C)c1. The van der Waals surface area contributed by atoms with Crippen molar-refractivity contribution in [2.24, 2.45) is 16.5 Å². The van der Waals surface area contributed by atoms with E-state index >= 15 is 0 Å². The quantitative estimate of drug-likeness (QED) is 0.102. The molecule has 0 saturated heterocycles. The maximum absolute atomic E-state index is 13.6. The average molecular weight is 585 g/mol. The fourth-order valence-electron chi connectivity index (χ4n) is 4.02. The molecule has 230 valence electrons. The molecule has 2 atom stereocenters. The molecule has 0 radical (unpaired) electrons. The maximum Gasteiger partial charge on any atom is 0.322 e. The van der Waals surface area contributed by atoms with Crippen molar-refractivity contribution >= 4 is 29.7 Å². The molecule has 1 aromatic heterocycles. The molecular weight excluding hydrogens is 540 g/mol. The topological polar surface area (TPSA) is 218 Å². The molecule has 0 bridgehead atoms. The number of aromatic amines is 1. The average Bonchev–Trinajstić information content (AvgIpc) is 3.40. The minimum atomic E-state index is -1.23. The number of aliphatic carboxylic acids is 1. The van der Waals surface area contributed by atoms with Gasteiger partial charge in [-0.1, -0.05) is 47.6 Å². The molecule has 3 amide bonds. The number of amides is 3. The number of rotatable bonds is 13. The number of nitrogens with one attached hydrogen (secondary N) is 4. The van der Waals surface area contributed by atoms with E-state index in [2.05, 4.69) is 78.5 Å². The Hall–Kier alpha value is -4.42. The standard InChI is InChI=1S/C29H44N8O5/c1-28(2,3)18-10-17(11-19(12-18)29(4,5)6)24(40)37-22(13-20-14-32-16-35-20)26(42)36-21(8-7-9-33-27(30)31)25(41)34-15-23(38)39/h10-12,14,16,21-22H,7-9,13,15H2,1-6H3,(H,32,35)(H,34,41)(H,36,42)(H,37,40)(H,38,39)(H4,30,31,33)/t21?,22-/m0/s1. The molecule has 1 aromatic carbocycles. The summed E-state index contributed by atoms with van der Waals surface area (Å²) in [6.07, 6.45) is 3.52. The summed E-state index contributed by atoms with van der Waals surface area (Å²) in [6.45, 7) is 12.0. The van der Waals surface area contributed by atoms with E-state index in [-0.39, 0.29) is 36.2 Å². The number of H-pyrrole nitrogens is 1. The second-order valence-electron chi connectivity index (χ2n) is 12.2. The molecule has 0 aliphatic carbocycles. The number of nitrogens with two attached hydrogens (primary N) is 2. The largest absolute Gasteiger partial charge is 0.480 e. The Labute approximate surface area is 246 Å². The molecule has 0 aliphatic heterocycles. The first-order valence-corrected chi connectivity index (χ1v) is 13.8. The van der Waals surface area contributed by atoms with Crippen LogP contribution in [-0.2, 0) is 31.6 Å². The van der Waals surface area contributed by atoms with E-state index in [1.807, 2.05) is 12.1 Å². The monoisotopic (exact) mass is 584 g/mol. The molecule has 2 aromatic rings. The normalized spacial score (nSPS) is 13.0. The Balaban J connectivity index is 2.36. The van der Waals surface area contributed by atoms with Crippen LogP contribution in [0.4, 0.5) is 0 Å². The van der Waals surface area contributed by atoms with Crippen molar-refractivity contribution in [2.45, 2.75) is 83.7 Å². The molecule has 9 N–H and O–H groups in total. The zero-order chi connectivity index (χ0) is 31.7. The molecule has 42 heavy (non-hydrogen) atoms. The van der Waals surface area contributed by atoms with Crippen LogP contribution >= 0.6 is 0 Å². The lowest BCUT2D eigenvalue weighted by molar-refractivity contribution is -0.138. The van der Waals surface area contributed by atoms with Gasteiger partial charge in [0, 0.05) is 30.4 Å². The number of aromatic nitrogens is 2. The molecule has 0 fully saturated rings. The van der Waals surface area contributed by atoms with Crippen LogP contribution in [-0.4, -0.2) is 69.9 Å². The van der Waals surface area contributed by atoms with Gasteiger partial charge in [0.05, 0.1) is 6.33 Å². The van der Waals surface area contributed by atoms with E-state index in [1.165, 1.54) is 12.5 Å². The van der Waals surface area contributed by atoms with E-state index < -0.39 is 42.3 Å². The van der Waals surface area contributed by atoms with E-state index in [4.69, 9.17) is 16.6 Å². The number of benzene rings is 1. The van der Waals surface area contributed by atoms with Crippen molar-refractivity contribution in [3.05, 3.63) is 53.1 Å². The number of carboxylic acid groups (broad SMARTS) is 1. The number of imidazole rings is 1. The lowest BCUT2D eigenvalue weighted by atomic mass is 9.79. The van der Waals surface area contributed by atoms with Gasteiger partial charge in [0.15, 0.2) is 5.96 Å². The van der Waals surface area contributed by atoms with Crippen molar-refractivity contribution < 1.29 is 24.3 Å². The van der Waals surface area contributed by atoms with Gasteiger partial charge in [-0.2, -0.15) is 0 Å². The van der Waals surface area contributed by atoms with Crippen LogP contribution < -0.4 is 27.4 Å². The predicted octanol–water partition coefficient (Wildman–Crippen LogP) is 1.09. The number of carbonyl (C=O) groups is 4. The fraction of sp³-hybridized carbons (Fsp3) is 0.517. The smallest absolute Gasteiger partial charge is 0.322 e. The fourth-order valence-corrected chi connectivity index (χ4v) is 4.02. The Morgan fingerprint density at radius 3 is 2.07 bits per heavy atom. The molecule has 1 unspecified atom stereocenters. The number of nitrogens with zero attached hydrogens (tertiary/aromatic N) is 2. The van der Waals surface area contributed by atoms with E-state index in [1.54, 1.807) is 0 Å². The predicted molar refractivity (Wildman–Crippen MR) is 160 cm³/mol. The van der Waals surface area contributed by atoms with Gasteiger partial charge in [-0.3, -0.25) is 24.2 Å². The minimum Gasteiger partial charge on any atom is -0.480 e. The molecule has 13 nitrogen and oxygen atoms in total. The second kappa shape index (κ2) is 14.5. The Morgan fingerprint density at radius 1 is 0.952 bits per heavy atom. The third-order valence-electron chi connectivity index (χ3n) is 6.52. The summed E-state index contributed by atoms with van der Waals surface area (Å²) in [5, 5.41) is 16.8. The third kappa shape index (κ3) is 10.9. The lowest BCUT2D eigenvalue weighted by Crippen LogP contribution is -2.54. The first kappa shape index (κ1) is 33.8. The van der Waals surface area contributed by atoms with E-state index in [0.717, 1.165) is 11.1 Å². The van der Waals surface area contributed by atoms with Crippen molar-refractivity contribution in [2.75, 3.05) is 13.1 Å². The van der Waals surface area contributed by atoms with Gasteiger partial charge in [-0.15, -0.1) is 0 Å². The van der Waals surface area contributed by atoms with Crippen molar-refractivity contribution in [3.63, 3.8) is 0 Å². The van der Waals surface area contributed by atoms with Gasteiger partial charge >= 0.3 is 5.97 Å². The van der Waals surface area contributed by atoms with Crippen LogP contribution in [0, 0.1) is 0 Å². The molecule has 2 rings (SSSR count). The van der Waals surface area contributed by atoms with Crippen LogP contribution in [0.2, 0.25) is 0 Å². The molecule has 1 heterocycles. The highest BCUT2D eigenvalue weighted by atomic mass is 16.4. The number of guanidine groups is 1. The van der Waals surface area contributed by atoms with Crippen LogP contribution in [0.5, 0.6) is 0 Å². The summed E-state index contributed by atoms with van der Waals surface area (Å²) < 4.78 is 0. The minimum absolute atomic E-state index is 0.0696. The zero-order valence-corrected chi connectivity index (χ0v) is 25.2. The highest BCUT2D eigenvalue weighted by Crippen LogP contribution is 2.30. The Kier molecular flexibility index (Phi) is 11.6. The Bertz CT molecular complexity index is 1240. The Morgan fingerprint density at radius 2 is 1.57 bits per heavy atom. The first-order valence-electron chi connectivity index (χ1n) is 13.8. The van der Waals surface area contributed by atoms with Crippen molar-refractivity contribution in [1.29, 1.82) is 0 Å². The summed E-state index contributed by atoms with van der Waals surface area (Å²) in [7, 11) is 0. The summed E-state index contributed by atoms with van der Waals surface area (Å²) in [4.78, 5) is 61.8. The van der Waals surface area contributed by atoms with E-state index in [0.29, 0.717) is 17.7 Å². The molecule has 0 saturated carbocycles. The van der Waals surface area contributed by atoms with Gasteiger partial charge in [-0.25, -0.2) is 4.98 Å². The van der Waals surface area contributed by atoms with Crippen LogP contribution in [0.1, 0.15) is 81.6 Å². The van der Waals surface area contributed by atoms with E-state index in [9.17, 15) is 19.2 Å². The van der Waals surface area contributed by atoms with Gasteiger partial charge < -0.3 is 37.5 Å². The van der Waals surface area contributed by atoms with Crippen LogP contribution in [0.25, 0.3) is 0 Å². The maximum atomic E-state index is 13.6. The summed E-state index contributed by atoms with van der Waals surface area (Å²) in [5.74, 6) is -3.11. The number of hydrogen-bond donors (Lipinski definition) is 7. The summed E-state index contributed by atoms with van der Waals surface area (Å²) in [6, 6.07) is 3.56. The highest BCUT2D eigenvalue weighted by molar-refractivity contribution is 5.99. The molecule has 13 heteroatoms. The lowest BCUT2D eigenvalue weighted by Gasteiger charge is -2.27. The number of hydrogen-bond acceptors (Lipinski definition) is 6. The summed E-state index contributed by atoms with van der Waals surface area (Å²) >= 11 is 0. The summed E-state index contributed by atoms with van der Waals surface area (Å²) in [5.41, 5.74) is 13.2.